The van der Waals surface area contributed by atoms with E-state index >= 15 is 0 Å². The summed E-state index contributed by atoms with van der Waals surface area (Å²) in [5.41, 5.74) is 4.07. The smallest absolute Gasteiger partial charge is 0.229 e. The lowest BCUT2D eigenvalue weighted by atomic mass is 9.96. The maximum atomic E-state index is 12.1. The number of fused-ring (bicyclic) bond motifs is 1. The molecule has 2 aromatic carbocycles. The van der Waals surface area contributed by atoms with Gasteiger partial charge in [-0.3, -0.25) is 4.79 Å². The van der Waals surface area contributed by atoms with Crippen LogP contribution in [0.15, 0.2) is 42.5 Å². The zero-order valence-corrected chi connectivity index (χ0v) is 12.8. The van der Waals surface area contributed by atoms with E-state index < -0.39 is 0 Å². The molecular formula is C17H17ClN2O. The molecule has 0 radical (unpaired) electrons. The molecule has 0 saturated carbocycles. The Morgan fingerprint density at radius 1 is 1.24 bits per heavy atom. The first-order valence-electron chi connectivity index (χ1n) is 6.94. The lowest BCUT2D eigenvalue weighted by Crippen LogP contribution is -2.35. The second kappa shape index (κ2) is 5.41. The number of hydrogen-bond acceptors (Lipinski definition) is 2. The minimum atomic E-state index is -0.0244. The number of halogens is 1. The van der Waals surface area contributed by atoms with E-state index in [1.54, 1.807) is 4.90 Å². The maximum absolute atomic E-state index is 12.1. The summed E-state index contributed by atoms with van der Waals surface area (Å²) in [6.45, 7) is 1.97. The van der Waals surface area contributed by atoms with Crippen molar-refractivity contribution in [3.63, 3.8) is 0 Å². The fourth-order valence-electron chi connectivity index (χ4n) is 2.66. The third-order valence-corrected chi connectivity index (χ3v) is 4.35. The summed E-state index contributed by atoms with van der Waals surface area (Å²) in [4.78, 5) is 13.9. The van der Waals surface area contributed by atoms with E-state index in [4.69, 9.17) is 11.6 Å². The number of carbonyl (C=O) groups is 1. The van der Waals surface area contributed by atoms with Crippen molar-refractivity contribution >= 4 is 28.9 Å². The number of benzene rings is 2. The van der Waals surface area contributed by atoms with Crippen LogP contribution in [0.4, 0.5) is 11.4 Å². The zero-order valence-electron chi connectivity index (χ0n) is 12.1. The van der Waals surface area contributed by atoms with Crippen LogP contribution in [-0.2, 0) is 4.79 Å². The predicted octanol–water partition coefficient (Wildman–Crippen LogP) is 4.17. The molecule has 0 aliphatic carbocycles. The van der Waals surface area contributed by atoms with Gasteiger partial charge in [-0.15, -0.1) is 0 Å². The molecule has 1 aliphatic rings. The number of carbonyl (C=O) groups excluding carboxylic acids is 1. The molecule has 0 spiro atoms. The van der Waals surface area contributed by atoms with Gasteiger partial charge in [0.15, 0.2) is 0 Å². The minimum Gasteiger partial charge on any atom is -0.378 e. The quantitative estimate of drug-likeness (QED) is 0.903. The molecule has 3 nitrogen and oxygen atoms in total. The third kappa shape index (κ3) is 2.61. The molecule has 2 aromatic rings. The van der Waals surface area contributed by atoms with Crippen molar-refractivity contribution in [2.24, 2.45) is 0 Å². The van der Waals surface area contributed by atoms with Gasteiger partial charge in [-0.25, -0.2) is 0 Å². The van der Waals surface area contributed by atoms with Crippen molar-refractivity contribution in [1.82, 2.24) is 0 Å². The molecule has 0 saturated heterocycles. The summed E-state index contributed by atoms with van der Waals surface area (Å²) < 4.78 is 0. The number of anilines is 2. The molecule has 1 amide bonds. The van der Waals surface area contributed by atoms with Gasteiger partial charge in [-0.05, 0) is 36.2 Å². The van der Waals surface area contributed by atoms with Gasteiger partial charge in [0.1, 0.15) is 0 Å². The van der Waals surface area contributed by atoms with Crippen LogP contribution in [0.1, 0.15) is 23.6 Å². The van der Waals surface area contributed by atoms with E-state index in [9.17, 15) is 4.79 Å². The topological polar surface area (TPSA) is 32.3 Å². The van der Waals surface area contributed by atoms with E-state index in [0.717, 1.165) is 27.5 Å². The fraction of sp³-hybridized carbons (Fsp3) is 0.235. The largest absolute Gasteiger partial charge is 0.378 e. The highest BCUT2D eigenvalue weighted by Gasteiger charge is 2.28. The van der Waals surface area contributed by atoms with Crippen molar-refractivity contribution in [3.05, 3.63) is 58.6 Å². The Hall–Kier alpha value is -2.00. The van der Waals surface area contributed by atoms with Crippen LogP contribution in [0.3, 0.4) is 0 Å². The SMILES string of the molecule is Cc1ccc(NC2CC(=O)N(C)c3ccccc32)cc1Cl. The van der Waals surface area contributed by atoms with Gasteiger partial charge in [-0.1, -0.05) is 35.9 Å². The first-order valence-corrected chi connectivity index (χ1v) is 7.32. The molecule has 1 aliphatic heterocycles. The van der Waals surface area contributed by atoms with Gasteiger partial charge in [0, 0.05) is 23.4 Å². The molecule has 4 heteroatoms. The molecular weight excluding hydrogens is 284 g/mol. The molecule has 0 bridgehead atoms. The van der Waals surface area contributed by atoms with Gasteiger partial charge in [-0.2, -0.15) is 0 Å². The average Bonchev–Trinajstić information content (AvgIpc) is 2.48. The lowest BCUT2D eigenvalue weighted by Gasteiger charge is -2.32. The Morgan fingerprint density at radius 3 is 2.76 bits per heavy atom. The standard InChI is InChI=1S/C17H17ClN2O/c1-11-7-8-12(9-14(11)18)19-15-10-17(21)20(2)16-6-4-3-5-13(15)16/h3-9,15,19H,10H2,1-2H3. The van der Waals surface area contributed by atoms with Gasteiger partial charge < -0.3 is 10.2 Å². The molecule has 21 heavy (non-hydrogen) atoms. The Kier molecular flexibility index (Phi) is 3.60. The zero-order chi connectivity index (χ0) is 15.0. The van der Waals surface area contributed by atoms with Crippen LogP contribution in [0.25, 0.3) is 0 Å². The molecule has 108 valence electrons. The second-order valence-electron chi connectivity index (χ2n) is 5.38. The van der Waals surface area contributed by atoms with E-state index in [0.29, 0.717) is 6.42 Å². The molecule has 1 atom stereocenters. The van der Waals surface area contributed by atoms with Gasteiger partial charge in [0.2, 0.25) is 5.91 Å². The Bertz CT molecular complexity index is 699. The van der Waals surface area contributed by atoms with Crippen LogP contribution in [0, 0.1) is 6.92 Å². The normalized spacial score (nSPS) is 17.6. The van der Waals surface area contributed by atoms with E-state index in [-0.39, 0.29) is 11.9 Å². The Labute approximate surface area is 129 Å². The van der Waals surface area contributed by atoms with Gasteiger partial charge in [0.25, 0.3) is 0 Å². The highest BCUT2D eigenvalue weighted by atomic mass is 35.5. The Balaban J connectivity index is 1.93. The van der Waals surface area contributed by atoms with Crippen molar-refractivity contribution in [2.75, 3.05) is 17.3 Å². The highest BCUT2D eigenvalue weighted by Crippen LogP contribution is 2.36. The number of nitrogens with one attached hydrogen (secondary N) is 1. The number of hydrogen-bond donors (Lipinski definition) is 1. The summed E-state index contributed by atoms with van der Waals surface area (Å²) >= 11 is 6.17. The molecule has 1 N–H and O–H groups in total. The molecule has 3 rings (SSSR count). The highest BCUT2D eigenvalue weighted by molar-refractivity contribution is 6.31. The number of rotatable bonds is 2. The third-order valence-electron chi connectivity index (χ3n) is 3.94. The number of nitrogens with zero attached hydrogens (tertiary/aromatic N) is 1. The van der Waals surface area contributed by atoms with Crippen LogP contribution < -0.4 is 10.2 Å². The van der Waals surface area contributed by atoms with Crippen molar-refractivity contribution in [2.45, 2.75) is 19.4 Å². The van der Waals surface area contributed by atoms with Crippen molar-refractivity contribution in [3.8, 4) is 0 Å². The molecule has 0 fully saturated rings. The lowest BCUT2D eigenvalue weighted by molar-refractivity contribution is -0.118. The summed E-state index contributed by atoms with van der Waals surface area (Å²) in [6, 6.07) is 13.8. The summed E-state index contributed by atoms with van der Waals surface area (Å²) in [5.74, 6) is 0.115. The van der Waals surface area contributed by atoms with Crippen molar-refractivity contribution < 1.29 is 4.79 Å². The first kappa shape index (κ1) is 14.0. The first-order chi connectivity index (χ1) is 10.1. The molecule has 0 aromatic heterocycles. The number of amides is 1. The fourth-order valence-corrected chi connectivity index (χ4v) is 2.84. The number of aryl methyl sites for hydroxylation is 1. The average molecular weight is 301 g/mol. The van der Waals surface area contributed by atoms with Crippen LogP contribution in [0.5, 0.6) is 0 Å². The molecule has 1 heterocycles. The van der Waals surface area contributed by atoms with Crippen molar-refractivity contribution in [1.29, 1.82) is 0 Å². The van der Waals surface area contributed by atoms with E-state index in [1.165, 1.54) is 0 Å². The van der Waals surface area contributed by atoms with E-state index in [1.807, 2.05) is 50.4 Å². The summed E-state index contributed by atoms with van der Waals surface area (Å²) in [6.07, 6.45) is 0.443. The summed E-state index contributed by atoms with van der Waals surface area (Å²) in [5, 5.41) is 4.15. The van der Waals surface area contributed by atoms with Crippen LogP contribution >= 0.6 is 11.6 Å². The minimum absolute atomic E-state index is 0.0244. The predicted molar refractivity (Wildman–Crippen MR) is 87.0 cm³/mol. The number of para-hydroxylation sites is 1. The summed E-state index contributed by atoms with van der Waals surface area (Å²) in [7, 11) is 1.82. The monoisotopic (exact) mass is 300 g/mol. The van der Waals surface area contributed by atoms with Crippen LogP contribution in [0.2, 0.25) is 5.02 Å². The maximum Gasteiger partial charge on any atom is 0.229 e. The van der Waals surface area contributed by atoms with Gasteiger partial charge >= 0.3 is 0 Å². The molecule has 1 unspecified atom stereocenters. The Morgan fingerprint density at radius 2 is 2.00 bits per heavy atom. The van der Waals surface area contributed by atoms with Gasteiger partial charge in [0.05, 0.1) is 12.5 Å². The second-order valence-corrected chi connectivity index (χ2v) is 5.78. The van der Waals surface area contributed by atoms with E-state index in [2.05, 4.69) is 11.4 Å². The van der Waals surface area contributed by atoms with Crippen LogP contribution in [-0.4, -0.2) is 13.0 Å².